The summed E-state index contributed by atoms with van der Waals surface area (Å²) in [6.45, 7) is 1.02. The zero-order chi connectivity index (χ0) is 15.5. The van der Waals surface area contributed by atoms with E-state index in [1.54, 1.807) is 0 Å². The molecule has 116 valence electrons. The fourth-order valence-electron chi connectivity index (χ4n) is 2.27. The fraction of sp³-hybridized carbons (Fsp3) is 0.500. The third-order valence-electron chi connectivity index (χ3n) is 3.39. The molecule has 1 fully saturated rings. The van der Waals surface area contributed by atoms with Crippen LogP contribution in [-0.4, -0.2) is 30.3 Å². The SMILES string of the molecule is O=C(O)C(NCC1CCCO1)c1ccc(C(F)(F)F)cc1. The number of carbonyl (C=O) groups is 1. The minimum atomic E-state index is -4.43. The molecule has 0 aromatic heterocycles. The summed E-state index contributed by atoms with van der Waals surface area (Å²) in [7, 11) is 0. The van der Waals surface area contributed by atoms with E-state index in [0.717, 1.165) is 25.0 Å². The number of aliphatic carboxylic acids is 1. The summed E-state index contributed by atoms with van der Waals surface area (Å²) in [6.07, 6.45) is -2.68. The first-order valence-corrected chi connectivity index (χ1v) is 6.63. The number of hydrogen-bond acceptors (Lipinski definition) is 3. The number of nitrogens with one attached hydrogen (secondary N) is 1. The lowest BCUT2D eigenvalue weighted by Gasteiger charge is -2.18. The van der Waals surface area contributed by atoms with Gasteiger partial charge in [0.25, 0.3) is 0 Å². The predicted octanol–water partition coefficient (Wildman–Crippen LogP) is 2.60. The molecule has 2 unspecified atom stereocenters. The molecule has 1 saturated heterocycles. The summed E-state index contributed by atoms with van der Waals surface area (Å²) < 4.78 is 42.8. The molecule has 0 amide bonds. The number of carboxylic acid groups (broad SMARTS) is 1. The van der Waals surface area contributed by atoms with Crippen LogP contribution in [0.1, 0.15) is 30.0 Å². The quantitative estimate of drug-likeness (QED) is 0.878. The molecule has 7 heteroatoms. The van der Waals surface area contributed by atoms with Gasteiger partial charge >= 0.3 is 12.1 Å². The summed E-state index contributed by atoms with van der Waals surface area (Å²) >= 11 is 0. The molecule has 1 aromatic rings. The molecule has 1 heterocycles. The monoisotopic (exact) mass is 303 g/mol. The van der Waals surface area contributed by atoms with Gasteiger partial charge in [-0.1, -0.05) is 12.1 Å². The highest BCUT2D eigenvalue weighted by Gasteiger charge is 2.31. The van der Waals surface area contributed by atoms with Crippen molar-refractivity contribution in [3.05, 3.63) is 35.4 Å². The van der Waals surface area contributed by atoms with Crippen molar-refractivity contribution < 1.29 is 27.8 Å². The average molecular weight is 303 g/mol. The van der Waals surface area contributed by atoms with Gasteiger partial charge in [0.05, 0.1) is 11.7 Å². The second-order valence-electron chi connectivity index (χ2n) is 4.93. The van der Waals surface area contributed by atoms with Gasteiger partial charge < -0.3 is 9.84 Å². The van der Waals surface area contributed by atoms with Crippen LogP contribution in [0, 0.1) is 0 Å². The molecular weight excluding hydrogens is 287 g/mol. The molecule has 0 spiro atoms. The third kappa shape index (κ3) is 4.18. The largest absolute Gasteiger partial charge is 0.480 e. The van der Waals surface area contributed by atoms with Crippen LogP contribution in [0.2, 0.25) is 0 Å². The summed E-state index contributed by atoms with van der Waals surface area (Å²) in [5, 5.41) is 12.0. The Kier molecular flexibility index (Phi) is 4.84. The Balaban J connectivity index is 2.05. The zero-order valence-electron chi connectivity index (χ0n) is 11.2. The van der Waals surface area contributed by atoms with Crippen LogP contribution < -0.4 is 5.32 Å². The molecule has 0 saturated carbocycles. The van der Waals surface area contributed by atoms with Crippen molar-refractivity contribution in [3.63, 3.8) is 0 Å². The van der Waals surface area contributed by atoms with Gasteiger partial charge in [-0.25, -0.2) is 0 Å². The smallest absolute Gasteiger partial charge is 0.416 e. The van der Waals surface area contributed by atoms with Gasteiger partial charge in [-0.2, -0.15) is 13.2 Å². The Labute approximate surface area is 119 Å². The van der Waals surface area contributed by atoms with Crippen LogP contribution in [0.15, 0.2) is 24.3 Å². The third-order valence-corrected chi connectivity index (χ3v) is 3.39. The van der Waals surface area contributed by atoms with Crippen LogP contribution in [0.5, 0.6) is 0 Å². The second-order valence-corrected chi connectivity index (χ2v) is 4.93. The van der Waals surface area contributed by atoms with Crippen molar-refractivity contribution in [2.45, 2.75) is 31.2 Å². The van der Waals surface area contributed by atoms with Crippen molar-refractivity contribution in [2.75, 3.05) is 13.2 Å². The molecular formula is C14H16F3NO3. The number of halogens is 3. The summed E-state index contributed by atoms with van der Waals surface area (Å²) in [4.78, 5) is 11.3. The molecule has 21 heavy (non-hydrogen) atoms. The van der Waals surface area contributed by atoms with Crippen molar-refractivity contribution in [1.29, 1.82) is 0 Å². The summed E-state index contributed by atoms with van der Waals surface area (Å²) in [5.41, 5.74) is -0.511. The number of benzene rings is 1. The van der Waals surface area contributed by atoms with Crippen LogP contribution in [-0.2, 0) is 15.7 Å². The first-order valence-electron chi connectivity index (χ1n) is 6.63. The van der Waals surface area contributed by atoms with Gasteiger partial charge in [-0.3, -0.25) is 10.1 Å². The average Bonchev–Trinajstić information content (AvgIpc) is 2.91. The standard InChI is InChI=1S/C14H16F3NO3/c15-14(16,17)10-5-3-9(4-6-10)12(13(19)20)18-8-11-2-1-7-21-11/h3-6,11-12,18H,1-2,7-8H2,(H,19,20). The Bertz CT molecular complexity index is 481. The molecule has 2 atom stereocenters. The summed E-state index contributed by atoms with van der Waals surface area (Å²) in [5.74, 6) is -1.13. The number of carboxylic acids is 1. The van der Waals surface area contributed by atoms with E-state index in [2.05, 4.69) is 5.32 Å². The fourth-order valence-corrected chi connectivity index (χ4v) is 2.27. The highest BCUT2D eigenvalue weighted by atomic mass is 19.4. The van der Waals surface area contributed by atoms with Gasteiger partial charge in [0, 0.05) is 13.2 Å². The molecule has 2 rings (SSSR count). The van der Waals surface area contributed by atoms with Crippen molar-refractivity contribution in [2.24, 2.45) is 0 Å². The van der Waals surface area contributed by atoms with Gasteiger partial charge in [0.2, 0.25) is 0 Å². The molecule has 1 aliphatic heterocycles. The predicted molar refractivity (Wildman–Crippen MR) is 68.8 cm³/mol. The van der Waals surface area contributed by atoms with E-state index in [0.29, 0.717) is 13.2 Å². The zero-order valence-corrected chi connectivity index (χ0v) is 11.2. The molecule has 0 bridgehead atoms. The Morgan fingerprint density at radius 3 is 2.52 bits per heavy atom. The van der Waals surface area contributed by atoms with Crippen molar-refractivity contribution in [1.82, 2.24) is 5.32 Å². The van der Waals surface area contributed by atoms with E-state index >= 15 is 0 Å². The van der Waals surface area contributed by atoms with Gasteiger partial charge in [-0.15, -0.1) is 0 Å². The molecule has 2 N–H and O–H groups in total. The van der Waals surface area contributed by atoms with E-state index in [9.17, 15) is 23.1 Å². The second kappa shape index (κ2) is 6.44. The molecule has 0 aliphatic carbocycles. The Morgan fingerprint density at radius 1 is 1.38 bits per heavy atom. The lowest BCUT2D eigenvalue weighted by atomic mass is 10.0. The van der Waals surface area contributed by atoms with Gasteiger partial charge in [0.1, 0.15) is 6.04 Å². The van der Waals surface area contributed by atoms with E-state index in [-0.39, 0.29) is 11.7 Å². The summed E-state index contributed by atoms with van der Waals surface area (Å²) in [6, 6.07) is 3.10. The van der Waals surface area contributed by atoms with Crippen LogP contribution in [0.4, 0.5) is 13.2 Å². The Morgan fingerprint density at radius 2 is 2.05 bits per heavy atom. The molecule has 1 aliphatic rings. The lowest BCUT2D eigenvalue weighted by molar-refractivity contribution is -0.139. The number of rotatable bonds is 5. The first-order chi connectivity index (χ1) is 9.88. The van der Waals surface area contributed by atoms with Crippen LogP contribution >= 0.6 is 0 Å². The molecule has 1 aromatic carbocycles. The van der Waals surface area contributed by atoms with E-state index < -0.39 is 23.8 Å². The highest BCUT2D eigenvalue weighted by Crippen LogP contribution is 2.30. The van der Waals surface area contributed by atoms with Crippen LogP contribution in [0.25, 0.3) is 0 Å². The lowest BCUT2D eigenvalue weighted by Crippen LogP contribution is -2.34. The number of hydrogen-bond donors (Lipinski definition) is 2. The maximum absolute atomic E-state index is 12.5. The number of ether oxygens (including phenoxy) is 1. The van der Waals surface area contributed by atoms with Crippen molar-refractivity contribution >= 4 is 5.97 Å². The van der Waals surface area contributed by atoms with Gasteiger partial charge in [0.15, 0.2) is 0 Å². The van der Waals surface area contributed by atoms with E-state index in [1.807, 2.05) is 0 Å². The topological polar surface area (TPSA) is 58.6 Å². The minimum absolute atomic E-state index is 0.0405. The molecule has 4 nitrogen and oxygen atoms in total. The maximum atomic E-state index is 12.5. The normalized spacial score (nSPS) is 20.4. The van der Waals surface area contributed by atoms with E-state index in [4.69, 9.17) is 4.74 Å². The first kappa shape index (κ1) is 15.8. The van der Waals surface area contributed by atoms with Crippen molar-refractivity contribution in [3.8, 4) is 0 Å². The maximum Gasteiger partial charge on any atom is 0.416 e. The minimum Gasteiger partial charge on any atom is -0.480 e. The highest BCUT2D eigenvalue weighted by molar-refractivity contribution is 5.75. The van der Waals surface area contributed by atoms with E-state index in [1.165, 1.54) is 12.1 Å². The van der Waals surface area contributed by atoms with Crippen LogP contribution in [0.3, 0.4) is 0 Å². The van der Waals surface area contributed by atoms with Gasteiger partial charge in [-0.05, 0) is 30.5 Å². The Hall–Kier alpha value is -1.60. The number of alkyl halides is 3. The molecule has 0 radical (unpaired) electrons.